The van der Waals surface area contributed by atoms with E-state index in [1.807, 2.05) is 6.92 Å². The van der Waals surface area contributed by atoms with Gasteiger partial charge >= 0.3 is 51.4 Å². The fourth-order valence-corrected chi connectivity index (χ4v) is 0.735. The zero-order valence-electron chi connectivity index (χ0n) is 6.02. The smallest absolute Gasteiger partial charge is 0.872 e. The van der Waals surface area contributed by atoms with E-state index in [2.05, 4.69) is 0 Å². The molecule has 0 unspecified atom stereocenters. The van der Waals surface area contributed by atoms with Gasteiger partial charge in [-0.1, -0.05) is 23.7 Å². The molecular weight excluding hydrogens is 175 g/mol. The van der Waals surface area contributed by atoms with E-state index in [1.165, 1.54) is 12.1 Å². The van der Waals surface area contributed by atoms with Gasteiger partial charge in [-0.25, -0.2) is 0 Å². The molecule has 0 aromatic heterocycles. The van der Waals surface area contributed by atoms with Crippen molar-refractivity contribution >= 4 is 11.6 Å². The maximum absolute atomic E-state index is 10.6. The summed E-state index contributed by atoms with van der Waals surface area (Å²) in [4.78, 5) is 0. The molecule has 0 aliphatic carbocycles. The first-order chi connectivity index (χ1) is 4.20. The molecule has 0 radical (unpaired) electrons. The Kier molecular flexibility index (Phi) is 5.20. The predicted molar refractivity (Wildman–Crippen MR) is 35.6 cm³/mol. The molecule has 1 aromatic rings. The molecule has 1 rings (SSSR count). The van der Waals surface area contributed by atoms with Crippen molar-refractivity contribution in [1.82, 2.24) is 0 Å². The largest absolute Gasteiger partial charge is 1.00 e. The van der Waals surface area contributed by atoms with Crippen LogP contribution >= 0.6 is 11.6 Å². The van der Waals surface area contributed by atoms with Gasteiger partial charge in [-0.2, -0.15) is 0 Å². The van der Waals surface area contributed by atoms with Gasteiger partial charge in [0.05, 0.1) is 0 Å². The molecule has 0 bridgehead atoms. The van der Waals surface area contributed by atoms with Gasteiger partial charge in [0.2, 0.25) is 0 Å². The summed E-state index contributed by atoms with van der Waals surface area (Å²) < 4.78 is 0. The summed E-state index contributed by atoms with van der Waals surface area (Å²) in [5, 5.41) is 11.2. The van der Waals surface area contributed by atoms with E-state index >= 15 is 0 Å². The van der Waals surface area contributed by atoms with Crippen molar-refractivity contribution in [2.75, 3.05) is 0 Å². The second-order valence-corrected chi connectivity index (χ2v) is 2.32. The summed E-state index contributed by atoms with van der Waals surface area (Å²) in [6, 6.07) is 4.58. The van der Waals surface area contributed by atoms with Crippen LogP contribution in [0.25, 0.3) is 0 Å². The van der Waals surface area contributed by atoms with Gasteiger partial charge in [0.15, 0.2) is 0 Å². The molecule has 0 saturated heterocycles. The van der Waals surface area contributed by atoms with Crippen LogP contribution in [-0.2, 0) is 0 Å². The molecule has 0 N–H and O–H groups in total. The Hall–Kier alpha value is 0.946. The minimum absolute atomic E-state index is 0. The molecule has 1 aromatic carbocycles. The summed E-state index contributed by atoms with van der Waals surface area (Å²) in [7, 11) is 0. The van der Waals surface area contributed by atoms with Crippen LogP contribution < -0.4 is 56.5 Å². The molecule has 0 aliphatic rings. The van der Waals surface area contributed by atoms with Crippen LogP contribution in [0.3, 0.4) is 0 Å². The van der Waals surface area contributed by atoms with Crippen molar-refractivity contribution in [3.05, 3.63) is 28.8 Å². The number of aryl methyl sites for hydroxylation is 1. The van der Waals surface area contributed by atoms with Crippen molar-refractivity contribution in [3.63, 3.8) is 0 Å². The van der Waals surface area contributed by atoms with Crippen LogP contribution in [0.2, 0.25) is 5.02 Å². The number of halogens is 1. The summed E-state index contributed by atoms with van der Waals surface area (Å²) in [6.45, 7) is 1.81. The SMILES string of the molecule is Cc1cc([O-])ccc1Cl.[K+]. The molecule has 0 heterocycles. The standard InChI is InChI=1S/C7H7ClO.K/c1-5-4-6(9)2-3-7(5)8;/h2-4,9H,1H3;/q;+1/p-1. The third kappa shape index (κ3) is 2.90. The molecule has 0 saturated carbocycles. The van der Waals surface area contributed by atoms with Crippen LogP contribution in [0.5, 0.6) is 5.75 Å². The minimum Gasteiger partial charge on any atom is -0.872 e. The molecular formula is C7H6ClKO. The fourth-order valence-electron chi connectivity index (χ4n) is 0.617. The van der Waals surface area contributed by atoms with E-state index < -0.39 is 0 Å². The van der Waals surface area contributed by atoms with E-state index in [-0.39, 0.29) is 57.1 Å². The number of hydrogen-bond donors (Lipinski definition) is 0. The van der Waals surface area contributed by atoms with Crippen molar-refractivity contribution in [1.29, 1.82) is 0 Å². The Bertz CT molecular complexity index is 225. The van der Waals surface area contributed by atoms with Gasteiger partial charge in [-0.15, -0.1) is 5.75 Å². The van der Waals surface area contributed by atoms with Crippen LogP contribution in [-0.4, -0.2) is 0 Å². The Morgan fingerprint density at radius 2 is 2.00 bits per heavy atom. The van der Waals surface area contributed by atoms with Crippen molar-refractivity contribution < 1.29 is 56.5 Å². The van der Waals surface area contributed by atoms with Crippen LogP contribution in [0, 0.1) is 6.92 Å². The number of benzene rings is 1. The van der Waals surface area contributed by atoms with E-state index in [9.17, 15) is 5.11 Å². The topological polar surface area (TPSA) is 23.1 Å². The normalized spacial score (nSPS) is 8.60. The predicted octanol–water partition coefficient (Wildman–Crippen LogP) is -1.27. The molecule has 0 atom stereocenters. The number of hydrogen-bond acceptors (Lipinski definition) is 1. The maximum atomic E-state index is 10.6. The van der Waals surface area contributed by atoms with Crippen molar-refractivity contribution in [2.45, 2.75) is 6.92 Å². The Morgan fingerprint density at radius 3 is 2.40 bits per heavy atom. The third-order valence-corrected chi connectivity index (χ3v) is 1.55. The van der Waals surface area contributed by atoms with Gasteiger partial charge in [0.1, 0.15) is 0 Å². The first-order valence-corrected chi connectivity index (χ1v) is 3.01. The Labute approximate surface area is 108 Å². The van der Waals surface area contributed by atoms with E-state index in [1.54, 1.807) is 6.07 Å². The molecule has 0 spiro atoms. The summed E-state index contributed by atoms with van der Waals surface area (Å²) in [5.74, 6) is 0.0110. The third-order valence-electron chi connectivity index (χ3n) is 1.13. The van der Waals surface area contributed by atoms with E-state index in [0.717, 1.165) is 5.56 Å². The minimum atomic E-state index is 0. The van der Waals surface area contributed by atoms with E-state index in [0.29, 0.717) is 5.02 Å². The average molecular weight is 181 g/mol. The molecule has 3 heteroatoms. The van der Waals surface area contributed by atoms with Crippen molar-refractivity contribution in [2.24, 2.45) is 0 Å². The van der Waals surface area contributed by atoms with Gasteiger partial charge < -0.3 is 5.11 Å². The fraction of sp³-hybridized carbons (Fsp3) is 0.143. The summed E-state index contributed by atoms with van der Waals surface area (Å²) in [6.07, 6.45) is 0. The monoisotopic (exact) mass is 180 g/mol. The molecule has 48 valence electrons. The molecule has 0 amide bonds. The summed E-state index contributed by atoms with van der Waals surface area (Å²) in [5.41, 5.74) is 0.837. The molecule has 1 nitrogen and oxygen atoms in total. The van der Waals surface area contributed by atoms with Crippen LogP contribution in [0.4, 0.5) is 0 Å². The average Bonchev–Trinajstić information content (AvgIpc) is 1.80. The first-order valence-electron chi connectivity index (χ1n) is 2.63. The van der Waals surface area contributed by atoms with Gasteiger partial charge in [-0.05, 0) is 18.6 Å². The zero-order chi connectivity index (χ0) is 6.85. The molecule has 10 heavy (non-hydrogen) atoms. The second kappa shape index (κ2) is 4.75. The molecule has 0 fully saturated rings. The van der Waals surface area contributed by atoms with Gasteiger partial charge in [0, 0.05) is 5.02 Å². The van der Waals surface area contributed by atoms with E-state index in [4.69, 9.17) is 11.6 Å². The Balaban J connectivity index is 0.000000810. The zero-order valence-corrected chi connectivity index (χ0v) is 9.90. The quantitative estimate of drug-likeness (QED) is 0.457. The number of rotatable bonds is 0. The van der Waals surface area contributed by atoms with Crippen molar-refractivity contribution in [3.8, 4) is 5.75 Å². The van der Waals surface area contributed by atoms with Gasteiger partial charge in [-0.3, -0.25) is 0 Å². The molecule has 0 aliphatic heterocycles. The Morgan fingerprint density at radius 1 is 1.40 bits per heavy atom. The maximum Gasteiger partial charge on any atom is 1.00 e. The van der Waals surface area contributed by atoms with Crippen LogP contribution in [0.15, 0.2) is 18.2 Å². The first kappa shape index (κ1) is 10.9. The summed E-state index contributed by atoms with van der Waals surface area (Å²) >= 11 is 5.64. The van der Waals surface area contributed by atoms with Crippen LogP contribution in [0.1, 0.15) is 5.56 Å². The van der Waals surface area contributed by atoms with Gasteiger partial charge in [0.25, 0.3) is 0 Å². The second-order valence-electron chi connectivity index (χ2n) is 1.91.